The Balaban J connectivity index is 2.30. The summed E-state index contributed by atoms with van der Waals surface area (Å²) in [5.41, 5.74) is -2.02. The van der Waals surface area contributed by atoms with E-state index in [0.717, 1.165) is 0 Å². The van der Waals surface area contributed by atoms with E-state index >= 15 is 0 Å². The number of aryl methyl sites for hydroxylation is 1. The normalized spacial score (nSPS) is 12.4. The van der Waals surface area contributed by atoms with Crippen LogP contribution in [0.3, 0.4) is 0 Å². The molecule has 0 unspecified atom stereocenters. The molecule has 10 heteroatoms. The Morgan fingerprint density at radius 3 is 2.21 bits per heavy atom. The number of hydrogen-bond acceptors (Lipinski definition) is 3. The van der Waals surface area contributed by atoms with Gasteiger partial charge in [0.1, 0.15) is 5.02 Å². The minimum atomic E-state index is -4.70. The molecule has 0 spiro atoms. The third kappa shape index (κ3) is 4.31. The maximum Gasteiger partial charge on any atom is 0.417 e. The molecule has 130 valence electrons. The average Bonchev–Trinajstić information content (AvgIpc) is 2.48. The van der Waals surface area contributed by atoms with Gasteiger partial charge < -0.3 is 4.57 Å². The van der Waals surface area contributed by atoms with Crippen LogP contribution in [0.15, 0.2) is 46.2 Å². The zero-order valence-corrected chi connectivity index (χ0v) is 14.2. The molecule has 1 aromatic carbocycles. The number of alkyl halides is 3. The number of sulfone groups is 1. The Morgan fingerprint density at radius 1 is 1.08 bits per heavy atom. The standard InChI is InChI=1S/C14H10Cl2F3NO3S/c15-10-1-3-11(4-2-10)24(22,23)6-5-20-8-9(14(17,18)19)7-12(16)13(20)21/h1-4,7-8H,5-6H2. The van der Waals surface area contributed by atoms with E-state index in [1.807, 2.05) is 0 Å². The highest BCUT2D eigenvalue weighted by Crippen LogP contribution is 2.29. The van der Waals surface area contributed by atoms with Crippen molar-refractivity contribution in [3.8, 4) is 0 Å². The number of pyridine rings is 1. The van der Waals surface area contributed by atoms with E-state index in [1.54, 1.807) is 0 Å². The molecule has 2 rings (SSSR count). The molecule has 0 fully saturated rings. The largest absolute Gasteiger partial charge is 0.417 e. The predicted octanol–water partition coefficient (Wildman–Crippen LogP) is 3.65. The van der Waals surface area contributed by atoms with Gasteiger partial charge in [-0.15, -0.1) is 0 Å². The van der Waals surface area contributed by atoms with Gasteiger partial charge in [0.2, 0.25) is 0 Å². The third-order valence-electron chi connectivity index (χ3n) is 3.14. The van der Waals surface area contributed by atoms with Gasteiger partial charge in [-0.05, 0) is 30.3 Å². The summed E-state index contributed by atoms with van der Waals surface area (Å²) in [5.74, 6) is -0.563. The van der Waals surface area contributed by atoms with E-state index < -0.39 is 44.5 Å². The van der Waals surface area contributed by atoms with E-state index in [2.05, 4.69) is 0 Å². The lowest BCUT2D eigenvalue weighted by atomic mass is 10.3. The van der Waals surface area contributed by atoms with Crippen molar-refractivity contribution in [1.82, 2.24) is 4.57 Å². The molecule has 24 heavy (non-hydrogen) atoms. The Labute approximate surface area is 145 Å². The van der Waals surface area contributed by atoms with Crippen molar-refractivity contribution in [1.29, 1.82) is 0 Å². The molecule has 0 saturated carbocycles. The van der Waals surface area contributed by atoms with Crippen molar-refractivity contribution in [3.05, 3.63) is 62.5 Å². The molecule has 0 atom stereocenters. The molecule has 2 aromatic rings. The maximum absolute atomic E-state index is 12.8. The average molecular weight is 400 g/mol. The fourth-order valence-electron chi connectivity index (χ4n) is 1.90. The highest BCUT2D eigenvalue weighted by molar-refractivity contribution is 7.91. The molecule has 0 saturated heterocycles. The summed E-state index contributed by atoms with van der Waals surface area (Å²) in [5, 5.41) is -0.288. The summed E-state index contributed by atoms with van der Waals surface area (Å²) in [7, 11) is -3.80. The first-order valence-corrected chi connectivity index (χ1v) is 8.87. The van der Waals surface area contributed by atoms with Crippen LogP contribution in [0.1, 0.15) is 5.56 Å². The lowest BCUT2D eigenvalue weighted by molar-refractivity contribution is -0.138. The molecule has 0 aliphatic rings. The molecule has 0 radical (unpaired) electrons. The number of rotatable bonds is 4. The fraction of sp³-hybridized carbons (Fsp3) is 0.214. The van der Waals surface area contributed by atoms with E-state index in [9.17, 15) is 26.4 Å². The summed E-state index contributed by atoms with van der Waals surface area (Å²) in [6, 6.07) is 5.82. The lowest BCUT2D eigenvalue weighted by Crippen LogP contribution is -2.26. The zero-order valence-electron chi connectivity index (χ0n) is 11.8. The highest BCUT2D eigenvalue weighted by Gasteiger charge is 2.32. The topological polar surface area (TPSA) is 56.1 Å². The molecular formula is C14H10Cl2F3NO3S. The summed E-state index contributed by atoms with van der Waals surface area (Å²) in [4.78, 5) is 11.8. The molecule has 1 aromatic heterocycles. The smallest absolute Gasteiger partial charge is 0.313 e. The van der Waals surface area contributed by atoms with E-state index in [-0.39, 0.29) is 4.90 Å². The van der Waals surface area contributed by atoms with Crippen LogP contribution in [0.25, 0.3) is 0 Å². The van der Waals surface area contributed by atoms with Crippen molar-refractivity contribution in [2.24, 2.45) is 0 Å². The number of hydrogen-bond donors (Lipinski definition) is 0. The van der Waals surface area contributed by atoms with Crippen LogP contribution in [0, 0.1) is 0 Å². The van der Waals surface area contributed by atoms with Crippen LogP contribution in [-0.4, -0.2) is 18.7 Å². The molecule has 4 nitrogen and oxygen atoms in total. The number of aromatic nitrogens is 1. The number of nitrogens with zero attached hydrogens (tertiary/aromatic N) is 1. The third-order valence-corrected chi connectivity index (χ3v) is 5.38. The lowest BCUT2D eigenvalue weighted by Gasteiger charge is -2.12. The van der Waals surface area contributed by atoms with E-state index in [0.29, 0.717) is 21.9 Å². The summed E-state index contributed by atoms with van der Waals surface area (Å²) in [6.45, 7) is -0.465. The second kappa shape index (κ2) is 6.78. The molecule has 0 N–H and O–H groups in total. The Morgan fingerprint density at radius 2 is 1.67 bits per heavy atom. The molecule has 0 aliphatic heterocycles. The summed E-state index contributed by atoms with van der Waals surface area (Å²) >= 11 is 11.2. The van der Waals surface area contributed by atoms with Gasteiger partial charge in [0.15, 0.2) is 9.84 Å². The van der Waals surface area contributed by atoms with Crippen LogP contribution in [-0.2, 0) is 22.6 Å². The molecule has 0 bridgehead atoms. The van der Waals surface area contributed by atoms with Crippen LogP contribution in [0.5, 0.6) is 0 Å². The second-order valence-electron chi connectivity index (χ2n) is 4.85. The Bertz CT molecular complexity index is 906. The zero-order chi connectivity index (χ0) is 18.1. The van der Waals surface area contributed by atoms with Gasteiger partial charge in [-0.2, -0.15) is 13.2 Å². The van der Waals surface area contributed by atoms with E-state index in [4.69, 9.17) is 23.2 Å². The number of benzene rings is 1. The van der Waals surface area contributed by atoms with Crippen LogP contribution in [0.4, 0.5) is 13.2 Å². The van der Waals surface area contributed by atoms with Gasteiger partial charge in [-0.1, -0.05) is 23.2 Å². The predicted molar refractivity (Wildman–Crippen MR) is 84.2 cm³/mol. The van der Waals surface area contributed by atoms with Crippen LogP contribution >= 0.6 is 23.2 Å². The minimum absolute atomic E-state index is 0.0435. The maximum atomic E-state index is 12.8. The SMILES string of the molecule is O=c1c(Cl)cc(C(F)(F)F)cn1CCS(=O)(=O)c1ccc(Cl)cc1. The van der Waals surface area contributed by atoms with Gasteiger partial charge >= 0.3 is 6.18 Å². The van der Waals surface area contributed by atoms with Gasteiger partial charge in [0, 0.05) is 17.8 Å². The quantitative estimate of drug-likeness (QED) is 0.788. The minimum Gasteiger partial charge on any atom is -0.313 e. The van der Waals surface area contributed by atoms with Crippen molar-refractivity contribution in [2.75, 3.05) is 5.75 Å². The molecule has 0 amide bonds. The summed E-state index contributed by atoms with van der Waals surface area (Å²) < 4.78 is 63.3. The van der Waals surface area contributed by atoms with Gasteiger partial charge in [-0.25, -0.2) is 8.42 Å². The Hall–Kier alpha value is -1.51. The van der Waals surface area contributed by atoms with Gasteiger partial charge in [-0.3, -0.25) is 4.79 Å². The van der Waals surface area contributed by atoms with Crippen molar-refractivity contribution in [3.63, 3.8) is 0 Å². The van der Waals surface area contributed by atoms with Crippen molar-refractivity contribution in [2.45, 2.75) is 17.6 Å². The number of halogens is 5. The van der Waals surface area contributed by atoms with Crippen LogP contribution in [0.2, 0.25) is 10.0 Å². The highest BCUT2D eigenvalue weighted by atomic mass is 35.5. The van der Waals surface area contributed by atoms with Crippen molar-refractivity contribution >= 4 is 33.0 Å². The first-order chi connectivity index (χ1) is 11.0. The van der Waals surface area contributed by atoms with Gasteiger partial charge in [0.05, 0.1) is 16.2 Å². The van der Waals surface area contributed by atoms with Crippen LogP contribution < -0.4 is 5.56 Å². The summed E-state index contributed by atoms with van der Waals surface area (Å²) in [6.07, 6.45) is -4.15. The van der Waals surface area contributed by atoms with Crippen molar-refractivity contribution < 1.29 is 21.6 Å². The Kier molecular flexibility index (Phi) is 5.31. The van der Waals surface area contributed by atoms with Gasteiger partial charge in [0.25, 0.3) is 5.56 Å². The molecule has 0 aliphatic carbocycles. The first kappa shape index (κ1) is 18.8. The fourth-order valence-corrected chi connectivity index (χ4v) is 3.47. The van der Waals surface area contributed by atoms with E-state index in [1.165, 1.54) is 24.3 Å². The first-order valence-electron chi connectivity index (χ1n) is 6.46. The molecular weight excluding hydrogens is 390 g/mol. The second-order valence-corrected chi connectivity index (χ2v) is 7.80. The monoisotopic (exact) mass is 399 g/mol. The molecule has 1 heterocycles.